The second-order valence-electron chi connectivity index (χ2n) is 4.87. The Kier molecular flexibility index (Phi) is 5.64. The summed E-state index contributed by atoms with van der Waals surface area (Å²) in [4.78, 5) is 0. The Hall–Kier alpha value is -2.04. The Labute approximate surface area is 140 Å². The van der Waals surface area contributed by atoms with E-state index >= 15 is 0 Å². The van der Waals surface area contributed by atoms with Crippen molar-refractivity contribution >= 4 is 32.5 Å². The highest BCUT2D eigenvalue weighted by atomic mass is 32.2. The second kappa shape index (κ2) is 7.49. The van der Waals surface area contributed by atoms with Crippen LogP contribution in [-0.4, -0.2) is 19.2 Å². The molecule has 0 saturated carbocycles. The molecule has 1 aromatic rings. The van der Waals surface area contributed by atoms with Crippen molar-refractivity contribution in [2.75, 3.05) is 5.75 Å². The van der Waals surface area contributed by atoms with Gasteiger partial charge in [-0.2, -0.15) is 13.7 Å². The predicted octanol–water partition coefficient (Wildman–Crippen LogP) is 3.60. The Morgan fingerprint density at radius 1 is 1.39 bits per heavy atom. The van der Waals surface area contributed by atoms with Crippen LogP contribution in [0.15, 0.2) is 46.5 Å². The molecule has 23 heavy (non-hydrogen) atoms. The number of aryl methyl sites for hydroxylation is 1. The van der Waals surface area contributed by atoms with Crippen molar-refractivity contribution in [2.45, 2.75) is 20.3 Å². The van der Waals surface area contributed by atoms with E-state index in [1.165, 1.54) is 11.8 Å². The zero-order chi connectivity index (χ0) is 16.9. The average molecular weight is 348 g/mol. The number of allylic oxidation sites excluding steroid dienone is 2. The normalized spacial score (nSPS) is 18.0. The summed E-state index contributed by atoms with van der Waals surface area (Å²) in [6.07, 6.45) is 2.19. The standard InChI is InChI=1S/C16H16N2O3S2/c1-3-10-23(19,20)21-18-16-14(8-9-22-16)15(11-17)13-7-5-4-6-12(13)2/h4-9H,3,10H2,1-2H3/b15-14+,18-16-. The zero-order valence-electron chi connectivity index (χ0n) is 12.8. The van der Waals surface area contributed by atoms with Crippen LogP contribution in [0.2, 0.25) is 0 Å². The molecule has 1 aliphatic rings. The van der Waals surface area contributed by atoms with Gasteiger partial charge in [0, 0.05) is 5.57 Å². The van der Waals surface area contributed by atoms with Gasteiger partial charge in [-0.15, -0.1) is 0 Å². The third kappa shape index (κ3) is 4.24. The van der Waals surface area contributed by atoms with Crippen molar-refractivity contribution < 1.29 is 12.7 Å². The molecule has 0 unspecified atom stereocenters. The minimum Gasteiger partial charge on any atom is -0.267 e. The quantitative estimate of drug-likeness (QED) is 0.600. The number of benzene rings is 1. The van der Waals surface area contributed by atoms with E-state index in [0.717, 1.165) is 11.1 Å². The monoisotopic (exact) mass is 348 g/mol. The zero-order valence-corrected chi connectivity index (χ0v) is 14.4. The summed E-state index contributed by atoms with van der Waals surface area (Å²) in [6.45, 7) is 3.66. The second-order valence-corrected chi connectivity index (χ2v) is 7.44. The van der Waals surface area contributed by atoms with Gasteiger partial charge in [-0.25, -0.2) is 0 Å². The highest BCUT2D eigenvalue weighted by Gasteiger charge is 2.20. The van der Waals surface area contributed by atoms with Crippen LogP contribution < -0.4 is 0 Å². The van der Waals surface area contributed by atoms with Gasteiger partial charge in [0.05, 0.1) is 11.3 Å². The van der Waals surface area contributed by atoms with Gasteiger partial charge in [0.25, 0.3) is 0 Å². The minimum absolute atomic E-state index is 0.0934. The number of hydrogen-bond donors (Lipinski definition) is 0. The molecular weight excluding hydrogens is 332 g/mol. The molecule has 5 nitrogen and oxygen atoms in total. The van der Waals surface area contributed by atoms with E-state index < -0.39 is 10.1 Å². The maximum absolute atomic E-state index is 11.6. The topological polar surface area (TPSA) is 79.5 Å². The molecule has 0 spiro atoms. The highest BCUT2D eigenvalue weighted by Crippen LogP contribution is 2.32. The van der Waals surface area contributed by atoms with Crippen molar-refractivity contribution in [3.63, 3.8) is 0 Å². The maximum atomic E-state index is 11.6. The molecular formula is C16H16N2O3S2. The molecule has 1 aromatic carbocycles. The molecule has 120 valence electrons. The molecule has 0 atom stereocenters. The van der Waals surface area contributed by atoms with Crippen LogP contribution in [0.5, 0.6) is 0 Å². The Balaban J connectivity index is 2.42. The lowest BCUT2D eigenvalue weighted by atomic mass is 9.97. The predicted molar refractivity (Wildman–Crippen MR) is 93.0 cm³/mol. The van der Waals surface area contributed by atoms with Crippen LogP contribution in [0.4, 0.5) is 0 Å². The molecule has 7 heteroatoms. The van der Waals surface area contributed by atoms with Crippen molar-refractivity contribution in [3.05, 3.63) is 52.4 Å². The maximum Gasteiger partial charge on any atom is 0.328 e. The van der Waals surface area contributed by atoms with Crippen LogP contribution in [0.3, 0.4) is 0 Å². The van der Waals surface area contributed by atoms with E-state index in [9.17, 15) is 13.7 Å². The number of oxime groups is 1. The fraction of sp³-hybridized carbons (Fsp3) is 0.250. The average Bonchev–Trinajstić information content (AvgIpc) is 2.96. The van der Waals surface area contributed by atoms with Gasteiger partial charge in [-0.3, -0.25) is 4.28 Å². The van der Waals surface area contributed by atoms with Crippen LogP contribution in [0, 0.1) is 18.3 Å². The summed E-state index contributed by atoms with van der Waals surface area (Å²) >= 11 is 1.22. The lowest BCUT2D eigenvalue weighted by Crippen LogP contribution is -2.08. The van der Waals surface area contributed by atoms with Crippen molar-refractivity contribution in [1.82, 2.24) is 0 Å². The van der Waals surface area contributed by atoms with E-state index in [1.54, 1.807) is 18.4 Å². The number of nitriles is 1. The van der Waals surface area contributed by atoms with Crippen LogP contribution in [0.25, 0.3) is 5.57 Å². The number of nitrogens with zero attached hydrogens (tertiary/aromatic N) is 2. The smallest absolute Gasteiger partial charge is 0.267 e. The molecule has 0 fully saturated rings. The van der Waals surface area contributed by atoms with Crippen molar-refractivity contribution in [3.8, 4) is 6.07 Å². The first-order valence-electron chi connectivity index (χ1n) is 7.01. The fourth-order valence-electron chi connectivity index (χ4n) is 2.06. The summed E-state index contributed by atoms with van der Waals surface area (Å²) in [6, 6.07) is 9.70. The number of rotatable bonds is 5. The third-order valence-corrected chi connectivity index (χ3v) is 5.13. The molecule has 0 radical (unpaired) electrons. The van der Waals surface area contributed by atoms with E-state index in [-0.39, 0.29) is 5.75 Å². The lowest BCUT2D eigenvalue weighted by Gasteiger charge is -2.07. The van der Waals surface area contributed by atoms with Crippen LogP contribution >= 0.6 is 11.8 Å². The number of hydrogen-bond acceptors (Lipinski definition) is 6. The van der Waals surface area contributed by atoms with Gasteiger partial charge in [-0.05, 0) is 36.0 Å². The van der Waals surface area contributed by atoms with Crippen molar-refractivity contribution in [1.29, 1.82) is 5.26 Å². The van der Waals surface area contributed by atoms with Gasteiger partial charge in [-0.1, -0.05) is 48.1 Å². The van der Waals surface area contributed by atoms with Gasteiger partial charge >= 0.3 is 10.1 Å². The molecule has 0 bridgehead atoms. The first kappa shape index (κ1) is 17.3. The molecule has 0 aliphatic carbocycles. The first-order chi connectivity index (χ1) is 11.0. The Bertz CT molecular complexity index is 831. The third-order valence-electron chi connectivity index (χ3n) is 3.13. The summed E-state index contributed by atoms with van der Waals surface area (Å²) < 4.78 is 27.9. The number of thioether (sulfide) groups is 1. The molecule has 1 aliphatic heterocycles. The van der Waals surface area contributed by atoms with E-state index in [0.29, 0.717) is 22.6 Å². The fourth-order valence-corrected chi connectivity index (χ4v) is 3.58. The highest BCUT2D eigenvalue weighted by molar-refractivity contribution is 8.17. The summed E-state index contributed by atoms with van der Waals surface area (Å²) in [7, 11) is -3.68. The molecule has 2 rings (SSSR count). The van der Waals surface area contributed by atoms with Crippen LogP contribution in [0.1, 0.15) is 24.5 Å². The van der Waals surface area contributed by atoms with Crippen molar-refractivity contribution in [2.24, 2.45) is 5.16 Å². The van der Waals surface area contributed by atoms with Gasteiger partial charge in [0.15, 0.2) is 0 Å². The summed E-state index contributed by atoms with van der Waals surface area (Å²) in [5, 5.41) is 15.4. The molecule has 0 saturated heterocycles. The minimum atomic E-state index is -3.68. The Morgan fingerprint density at radius 2 is 2.13 bits per heavy atom. The molecule has 1 heterocycles. The first-order valence-corrected chi connectivity index (χ1v) is 9.47. The van der Waals surface area contributed by atoms with E-state index in [4.69, 9.17) is 4.28 Å². The van der Waals surface area contributed by atoms with Crippen LogP contribution in [-0.2, 0) is 14.4 Å². The van der Waals surface area contributed by atoms with Gasteiger partial charge < -0.3 is 0 Å². The molecule has 0 amide bonds. The summed E-state index contributed by atoms with van der Waals surface area (Å²) in [5.41, 5.74) is 2.76. The SMILES string of the molecule is CCCS(=O)(=O)O/N=C1\SC=C\C1=C(\C#N)c1ccccc1C. The lowest BCUT2D eigenvalue weighted by molar-refractivity contribution is 0.340. The van der Waals surface area contributed by atoms with E-state index in [2.05, 4.69) is 11.2 Å². The van der Waals surface area contributed by atoms with Gasteiger partial charge in [0.2, 0.25) is 0 Å². The summed E-state index contributed by atoms with van der Waals surface area (Å²) in [5.74, 6) is -0.0934. The molecule has 0 aromatic heterocycles. The van der Waals surface area contributed by atoms with E-state index in [1.807, 2.05) is 31.2 Å². The van der Waals surface area contributed by atoms with Gasteiger partial charge in [0.1, 0.15) is 11.1 Å². The largest absolute Gasteiger partial charge is 0.328 e. The molecule has 0 N–H and O–H groups in total. The Morgan fingerprint density at radius 3 is 2.78 bits per heavy atom.